The maximum Gasteiger partial charge on any atom is 0.348 e. The number of fused-ring (bicyclic) bond motifs is 1. The van der Waals surface area contributed by atoms with E-state index in [1.165, 1.54) is 12.8 Å². The van der Waals surface area contributed by atoms with Crippen LogP contribution in [0.5, 0.6) is 5.75 Å². The van der Waals surface area contributed by atoms with Gasteiger partial charge in [-0.05, 0) is 44.4 Å². The van der Waals surface area contributed by atoms with Crippen molar-refractivity contribution in [1.29, 1.82) is 0 Å². The van der Waals surface area contributed by atoms with E-state index in [0.717, 1.165) is 17.0 Å². The van der Waals surface area contributed by atoms with Crippen LogP contribution in [0.3, 0.4) is 0 Å². The molecule has 0 bridgehead atoms. The lowest BCUT2D eigenvalue weighted by Crippen LogP contribution is -2.29. The number of Topliss-reactive ketones (excluding diaryl/α,β-unsaturated/α-hetero) is 1. The number of hydrogen-bond acceptors (Lipinski definition) is 4. The molecule has 0 N–H and O–H groups in total. The molecule has 25 heavy (non-hydrogen) atoms. The number of rotatable bonds is 5. The van der Waals surface area contributed by atoms with Crippen LogP contribution in [0.25, 0.3) is 0 Å². The van der Waals surface area contributed by atoms with Crippen LogP contribution in [-0.2, 0) is 16.0 Å². The van der Waals surface area contributed by atoms with Gasteiger partial charge in [0.05, 0.1) is 0 Å². The topological polar surface area (TPSA) is 57.5 Å². The number of esters is 1. The molecule has 5 heteroatoms. The number of para-hydroxylation sites is 1. The van der Waals surface area contributed by atoms with E-state index in [1.807, 2.05) is 44.2 Å². The van der Waals surface area contributed by atoms with E-state index in [0.29, 0.717) is 23.8 Å². The number of ketones is 1. The summed E-state index contributed by atoms with van der Waals surface area (Å²) in [6.45, 7) is 3.72. The van der Waals surface area contributed by atoms with Gasteiger partial charge in [-0.3, -0.25) is 4.79 Å². The monoisotopic (exact) mass is 339 g/mol. The van der Waals surface area contributed by atoms with Crippen LogP contribution in [0, 0.1) is 13.8 Å². The number of nitrogens with zero attached hydrogens (tertiary/aromatic N) is 1. The van der Waals surface area contributed by atoms with Crippen LogP contribution in [0.1, 0.15) is 46.2 Å². The minimum atomic E-state index is -0.663. The summed E-state index contributed by atoms with van der Waals surface area (Å²) < 4.78 is 13.0. The fourth-order valence-electron chi connectivity index (χ4n) is 3.57. The van der Waals surface area contributed by atoms with Crippen LogP contribution in [-0.4, -0.2) is 29.0 Å². The van der Waals surface area contributed by atoms with Gasteiger partial charge in [0.15, 0.2) is 12.7 Å². The molecule has 1 aliphatic heterocycles. The summed E-state index contributed by atoms with van der Waals surface area (Å²) in [5, 5.41) is 0. The highest BCUT2D eigenvalue weighted by Crippen LogP contribution is 2.38. The van der Waals surface area contributed by atoms with Gasteiger partial charge in [-0.2, -0.15) is 0 Å². The van der Waals surface area contributed by atoms with Crippen molar-refractivity contribution in [3.05, 3.63) is 52.8 Å². The first-order chi connectivity index (χ1) is 12.0. The second-order valence-electron chi connectivity index (χ2n) is 6.84. The first kappa shape index (κ1) is 15.9. The predicted octanol–water partition coefficient (Wildman–Crippen LogP) is 3.17. The molecule has 1 fully saturated rings. The Bertz CT molecular complexity index is 822. The maximum absolute atomic E-state index is 12.5. The summed E-state index contributed by atoms with van der Waals surface area (Å²) in [6.07, 6.45) is 2.15. The molecule has 1 aromatic heterocycles. The van der Waals surface area contributed by atoms with Crippen molar-refractivity contribution in [2.24, 2.45) is 0 Å². The molecule has 0 radical (unpaired) electrons. The van der Waals surface area contributed by atoms with Crippen LogP contribution >= 0.6 is 0 Å². The number of aryl methyl sites for hydroxylation is 1. The van der Waals surface area contributed by atoms with Crippen molar-refractivity contribution < 1.29 is 19.1 Å². The number of aromatic nitrogens is 1. The van der Waals surface area contributed by atoms with Crippen LogP contribution in [0.4, 0.5) is 0 Å². The van der Waals surface area contributed by atoms with Gasteiger partial charge >= 0.3 is 5.97 Å². The van der Waals surface area contributed by atoms with E-state index < -0.39 is 12.1 Å². The Morgan fingerprint density at radius 3 is 2.72 bits per heavy atom. The highest BCUT2D eigenvalue weighted by molar-refractivity contribution is 5.99. The van der Waals surface area contributed by atoms with E-state index >= 15 is 0 Å². The molecule has 130 valence electrons. The third-order valence-electron chi connectivity index (χ3n) is 4.95. The zero-order valence-electron chi connectivity index (χ0n) is 14.5. The van der Waals surface area contributed by atoms with Gasteiger partial charge in [-0.25, -0.2) is 4.79 Å². The quantitative estimate of drug-likeness (QED) is 0.620. The first-order valence-corrected chi connectivity index (χ1v) is 8.67. The molecule has 2 aliphatic rings. The SMILES string of the molecule is Cc1cc(C(=O)COC(=O)[C@@H]2Cc3ccccc3O2)c(C)n1C1CC1. The van der Waals surface area contributed by atoms with Gasteiger partial charge in [-0.15, -0.1) is 0 Å². The Hall–Kier alpha value is -2.56. The van der Waals surface area contributed by atoms with Gasteiger partial charge in [0, 0.05) is 29.4 Å². The van der Waals surface area contributed by atoms with Gasteiger partial charge < -0.3 is 14.0 Å². The fourth-order valence-corrected chi connectivity index (χ4v) is 3.57. The summed E-state index contributed by atoms with van der Waals surface area (Å²) in [5.41, 5.74) is 3.69. The first-order valence-electron chi connectivity index (χ1n) is 8.67. The third-order valence-corrected chi connectivity index (χ3v) is 4.95. The number of carbonyl (C=O) groups is 2. The zero-order chi connectivity index (χ0) is 17.6. The predicted molar refractivity (Wildman–Crippen MR) is 92.0 cm³/mol. The third kappa shape index (κ3) is 2.95. The highest BCUT2D eigenvalue weighted by atomic mass is 16.6. The lowest BCUT2D eigenvalue weighted by Gasteiger charge is -2.10. The summed E-state index contributed by atoms with van der Waals surface area (Å²) in [5.74, 6) is 0.0631. The van der Waals surface area contributed by atoms with Crippen LogP contribution in [0.15, 0.2) is 30.3 Å². The summed E-state index contributed by atoms with van der Waals surface area (Å²) in [7, 11) is 0. The molecule has 1 atom stereocenters. The molecule has 0 unspecified atom stereocenters. The minimum absolute atomic E-state index is 0.163. The van der Waals surface area contributed by atoms with Crippen molar-refractivity contribution in [2.75, 3.05) is 6.61 Å². The van der Waals surface area contributed by atoms with E-state index in [-0.39, 0.29) is 12.4 Å². The van der Waals surface area contributed by atoms with Crippen molar-refractivity contribution in [2.45, 2.75) is 45.3 Å². The van der Waals surface area contributed by atoms with Crippen LogP contribution in [0.2, 0.25) is 0 Å². The maximum atomic E-state index is 12.5. The van der Waals surface area contributed by atoms with E-state index in [4.69, 9.17) is 9.47 Å². The molecular weight excluding hydrogens is 318 g/mol. The molecule has 2 aromatic rings. The Labute approximate surface area is 146 Å². The second-order valence-corrected chi connectivity index (χ2v) is 6.84. The van der Waals surface area contributed by atoms with Crippen molar-refractivity contribution in [1.82, 2.24) is 4.57 Å². The molecule has 0 spiro atoms. The largest absolute Gasteiger partial charge is 0.478 e. The number of carbonyl (C=O) groups excluding carboxylic acids is 2. The highest BCUT2D eigenvalue weighted by Gasteiger charge is 2.31. The Kier molecular flexibility index (Phi) is 3.86. The average molecular weight is 339 g/mol. The molecule has 1 aliphatic carbocycles. The summed E-state index contributed by atoms with van der Waals surface area (Å²) >= 11 is 0. The minimum Gasteiger partial charge on any atom is -0.478 e. The molecule has 1 saturated carbocycles. The average Bonchev–Trinajstić information content (AvgIpc) is 3.25. The number of ether oxygens (including phenoxy) is 2. The molecular formula is C20H21NO4. The molecule has 1 aromatic carbocycles. The van der Waals surface area contributed by atoms with E-state index in [9.17, 15) is 9.59 Å². The molecule has 0 saturated heterocycles. The molecule has 4 rings (SSSR count). The molecule has 2 heterocycles. The van der Waals surface area contributed by atoms with E-state index in [2.05, 4.69) is 4.57 Å². The number of benzene rings is 1. The smallest absolute Gasteiger partial charge is 0.348 e. The van der Waals surface area contributed by atoms with Gasteiger partial charge in [0.2, 0.25) is 5.78 Å². The molecule has 0 amide bonds. The molecule has 5 nitrogen and oxygen atoms in total. The van der Waals surface area contributed by atoms with Crippen LogP contribution < -0.4 is 4.74 Å². The lowest BCUT2D eigenvalue weighted by atomic mass is 10.1. The van der Waals surface area contributed by atoms with Gasteiger partial charge in [0.1, 0.15) is 5.75 Å². The number of hydrogen-bond donors (Lipinski definition) is 0. The Morgan fingerprint density at radius 1 is 1.24 bits per heavy atom. The fraction of sp³-hybridized carbons (Fsp3) is 0.400. The standard InChI is InChI=1S/C20H21NO4/c1-12-9-16(13(2)21(12)15-7-8-15)17(22)11-24-20(23)19-10-14-5-3-4-6-18(14)25-19/h3-6,9,15,19H,7-8,10-11H2,1-2H3/t19-/m0/s1. The second kappa shape index (κ2) is 6.06. The zero-order valence-corrected chi connectivity index (χ0v) is 14.5. The Balaban J connectivity index is 1.38. The van der Waals surface area contributed by atoms with Crippen molar-refractivity contribution in [3.8, 4) is 5.75 Å². The normalized spacial score (nSPS) is 18.6. The van der Waals surface area contributed by atoms with Crippen molar-refractivity contribution >= 4 is 11.8 Å². The summed E-state index contributed by atoms with van der Waals surface area (Å²) in [6, 6.07) is 9.96. The van der Waals surface area contributed by atoms with E-state index in [1.54, 1.807) is 0 Å². The van der Waals surface area contributed by atoms with Gasteiger partial charge in [-0.1, -0.05) is 18.2 Å². The van der Waals surface area contributed by atoms with Gasteiger partial charge in [0.25, 0.3) is 0 Å². The Morgan fingerprint density at radius 2 is 2.00 bits per heavy atom. The summed E-state index contributed by atoms with van der Waals surface area (Å²) in [4.78, 5) is 24.7. The van der Waals surface area contributed by atoms with Crippen molar-refractivity contribution in [3.63, 3.8) is 0 Å². The lowest BCUT2D eigenvalue weighted by molar-refractivity contribution is -0.149.